The highest BCUT2D eigenvalue weighted by atomic mass is 35.5. The Kier molecular flexibility index (Phi) is 4.29. The van der Waals surface area contributed by atoms with Crippen molar-refractivity contribution in [3.05, 3.63) is 58.9 Å². The molecule has 5 heteroatoms. The van der Waals surface area contributed by atoms with Gasteiger partial charge in [0.25, 0.3) is 5.91 Å². The van der Waals surface area contributed by atoms with E-state index in [1.165, 1.54) is 12.1 Å². The van der Waals surface area contributed by atoms with E-state index in [0.29, 0.717) is 10.7 Å². The molecule has 1 fully saturated rings. The fourth-order valence-corrected chi connectivity index (χ4v) is 3.01. The Hall–Kier alpha value is -2.07. The van der Waals surface area contributed by atoms with Crippen LogP contribution in [0.4, 0.5) is 15.8 Å². The van der Waals surface area contributed by atoms with Gasteiger partial charge in [-0.2, -0.15) is 0 Å². The number of amides is 1. The summed E-state index contributed by atoms with van der Waals surface area (Å²) in [6, 6.07) is 11.3. The summed E-state index contributed by atoms with van der Waals surface area (Å²) in [5.41, 5.74) is 1.45. The van der Waals surface area contributed by atoms with Gasteiger partial charge in [-0.25, -0.2) is 4.39 Å². The number of para-hydroxylation sites is 1. The van der Waals surface area contributed by atoms with Crippen molar-refractivity contribution in [1.29, 1.82) is 0 Å². The number of anilines is 2. The maximum absolute atomic E-state index is 13.7. The molecular formula is C17H16ClFN2O. The van der Waals surface area contributed by atoms with E-state index >= 15 is 0 Å². The van der Waals surface area contributed by atoms with Crippen LogP contribution < -0.4 is 10.2 Å². The molecule has 0 saturated carbocycles. The van der Waals surface area contributed by atoms with Crippen molar-refractivity contribution in [2.24, 2.45) is 0 Å². The van der Waals surface area contributed by atoms with Crippen molar-refractivity contribution in [1.82, 2.24) is 0 Å². The fraction of sp³-hybridized carbons (Fsp3) is 0.235. The fourth-order valence-electron chi connectivity index (χ4n) is 2.71. The minimum absolute atomic E-state index is 0.0230. The average molecular weight is 319 g/mol. The van der Waals surface area contributed by atoms with Crippen LogP contribution in [-0.2, 0) is 0 Å². The second-order valence-electron chi connectivity index (χ2n) is 5.26. The summed E-state index contributed by atoms with van der Waals surface area (Å²) in [4.78, 5) is 14.5. The van der Waals surface area contributed by atoms with Gasteiger partial charge in [-0.05, 0) is 37.1 Å². The summed E-state index contributed by atoms with van der Waals surface area (Å²) in [6.07, 6.45) is 2.21. The number of benzene rings is 2. The van der Waals surface area contributed by atoms with E-state index in [0.717, 1.165) is 31.6 Å². The highest BCUT2D eigenvalue weighted by Gasteiger charge is 2.20. The third kappa shape index (κ3) is 2.92. The Balaban J connectivity index is 1.91. The van der Waals surface area contributed by atoms with Gasteiger partial charge in [-0.1, -0.05) is 29.8 Å². The van der Waals surface area contributed by atoms with Crippen LogP contribution >= 0.6 is 11.6 Å². The van der Waals surface area contributed by atoms with Gasteiger partial charge >= 0.3 is 0 Å². The van der Waals surface area contributed by atoms with Gasteiger partial charge in [0.1, 0.15) is 5.82 Å². The van der Waals surface area contributed by atoms with Crippen LogP contribution in [0.3, 0.4) is 0 Å². The third-order valence-electron chi connectivity index (χ3n) is 3.78. The largest absolute Gasteiger partial charge is 0.369 e. The Morgan fingerprint density at radius 1 is 1.09 bits per heavy atom. The first kappa shape index (κ1) is 14.9. The van der Waals surface area contributed by atoms with Crippen molar-refractivity contribution >= 4 is 28.9 Å². The van der Waals surface area contributed by atoms with Crippen LogP contribution in [0.5, 0.6) is 0 Å². The van der Waals surface area contributed by atoms with Crippen molar-refractivity contribution in [3.8, 4) is 0 Å². The highest BCUT2D eigenvalue weighted by Crippen LogP contribution is 2.36. The predicted octanol–water partition coefficient (Wildman–Crippen LogP) is 4.33. The lowest BCUT2D eigenvalue weighted by Crippen LogP contribution is -2.22. The zero-order valence-electron chi connectivity index (χ0n) is 12.0. The van der Waals surface area contributed by atoms with E-state index < -0.39 is 11.7 Å². The molecule has 1 heterocycles. The van der Waals surface area contributed by atoms with E-state index in [1.54, 1.807) is 30.3 Å². The molecule has 2 aromatic rings. The standard InChI is InChI=1S/C17H16ClFN2O/c18-13-7-5-9-15(16(13)21-10-3-4-11-21)20-17(22)12-6-1-2-8-14(12)19/h1-2,5-9H,3-4,10-11H2,(H,20,22). The summed E-state index contributed by atoms with van der Waals surface area (Å²) < 4.78 is 13.7. The number of rotatable bonds is 3. The molecule has 3 nitrogen and oxygen atoms in total. The second-order valence-corrected chi connectivity index (χ2v) is 5.67. The van der Waals surface area contributed by atoms with Gasteiger partial charge < -0.3 is 10.2 Å². The molecule has 1 N–H and O–H groups in total. The first-order valence-electron chi connectivity index (χ1n) is 7.26. The molecule has 0 atom stereocenters. The van der Waals surface area contributed by atoms with Crippen molar-refractivity contribution < 1.29 is 9.18 Å². The van der Waals surface area contributed by atoms with Gasteiger partial charge in [0.05, 0.1) is 22.0 Å². The molecule has 1 aliphatic rings. The summed E-state index contributed by atoms with van der Waals surface area (Å²) in [7, 11) is 0. The number of hydrogen-bond donors (Lipinski definition) is 1. The Morgan fingerprint density at radius 2 is 1.82 bits per heavy atom. The minimum Gasteiger partial charge on any atom is -0.369 e. The zero-order chi connectivity index (χ0) is 15.5. The van der Waals surface area contributed by atoms with Crippen LogP contribution in [0.1, 0.15) is 23.2 Å². The number of hydrogen-bond acceptors (Lipinski definition) is 2. The molecule has 0 unspecified atom stereocenters. The Labute approximate surface area is 133 Å². The molecule has 2 aromatic carbocycles. The molecule has 0 aromatic heterocycles. The van der Waals surface area contributed by atoms with Crippen LogP contribution in [0.2, 0.25) is 5.02 Å². The minimum atomic E-state index is -0.537. The van der Waals surface area contributed by atoms with E-state index in [2.05, 4.69) is 10.2 Å². The maximum Gasteiger partial charge on any atom is 0.258 e. The topological polar surface area (TPSA) is 32.3 Å². The van der Waals surface area contributed by atoms with Gasteiger partial charge in [0.15, 0.2) is 0 Å². The molecule has 0 spiro atoms. The van der Waals surface area contributed by atoms with Crippen LogP contribution in [0.15, 0.2) is 42.5 Å². The summed E-state index contributed by atoms with van der Waals surface area (Å²) >= 11 is 6.30. The molecule has 3 rings (SSSR count). The zero-order valence-corrected chi connectivity index (χ0v) is 12.7. The predicted molar refractivity (Wildman–Crippen MR) is 87.3 cm³/mol. The summed E-state index contributed by atoms with van der Waals surface area (Å²) in [5, 5.41) is 3.37. The monoisotopic (exact) mass is 318 g/mol. The van der Waals surface area contributed by atoms with Gasteiger partial charge in [-0.15, -0.1) is 0 Å². The second kappa shape index (κ2) is 6.36. The first-order chi connectivity index (χ1) is 10.7. The molecule has 0 bridgehead atoms. The van der Waals surface area contributed by atoms with Crippen molar-refractivity contribution in [2.75, 3.05) is 23.3 Å². The quantitative estimate of drug-likeness (QED) is 0.913. The van der Waals surface area contributed by atoms with Gasteiger partial charge in [-0.3, -0.25) is 4.79 Å². The lowest BCUT2D eigenvalue weighted by atomic mass is 10.2. The Morgan fingerprint density at radius 3 is 2.55 bits per heavy atom. The van der Waals surface area contributed by atoms with Gasteiger partial charge in [0, 0.05) is 13.1 Å². The van der Waals surface area contributed by atoms with E-state index in [-0.39, 0.29) is 5.56 Å². The van der Waals surface area contributed by atoms with Crippen LogP contribution in [0.25, 0.3) is 0 Å². The molecule has 0 radical (unpaired) electrons. The number of nitrogens with zero attached hydrogens (tertiary/aromatic N) is 1. The van der Waals surface area contributed by atoms with Crippen LogP contribution in [-0.4, -0.2) is 19.0 Å². The molecule has 0 aliphatic carbocycles. The molecule has 22 heavy (non-hydrogen) atoms. The highest BCUT2D eigenvalue weighted by molar-refractivity contribution is 6.34. The first-order valence-corrected chi connectivity index (χ1v) is 7.64. The SMILES string of the molecule is O=C(Nc1cccc(Cl)c1N1CCCC1)c1ccccc1F. The van der Waals surface area contributed by atoms with Crippen molar-refractivity contribution in [2.45, 2.75) is 12.8 Å². The van der Waals surface area contributed by atoms with Crippen molar-refractivity contribution in [3.63, 3.8) is 0 Å². The maximum atomic E-state index is 13.7. The van der Waals surface area contributed by atoms with Gasteiger partial charge in [0.2, 0.25) is 0 Å². The molecule has 114 valence electrons. The van der Waals surface area contributed by atoms with Crippen LogP contribution in [0, 0.1) is 5.82 Å². The average Bonchev–Trinajstić information content (AvgIpc) is 3.01. The summed E-state index contributed by atoms with van der Waals surface area (Å²) in [6.45, 7) is 1.82. The molecule has 1 amide bonds. The summed E-state index contributed by atoms with van der Waals surface area (Å²) in [5.74, 6) is -1.01. The number of carbonyl (C=O) groups excluding carboxylic acids is 1. The normalized spacial score (nSPS) is 14.2. The van der Waals surface area contributed by atoms with E-state index in [9.17, 15) is 9.18 Å². The molecule has 1 aliphatic heterocycles. The smallest absolute Gasteiger partial charge is 0.258 e. The number of carbonyl (C=O) groups is 1. The molecular weight excluding hydrogens is 303 g/mol. The molecule has 1 saturated heterocycles. The Bertz CT molecular complexity index is 699. The number of halogens is 2. The third-order valence-corrected chi connectivity index (χ3v) is 4.08. The lowest BCUT2D eigenvalue weighted by Gasteiger charge is -2.23. The number of nitrogens with one attached hydrogen (secondary N) is 1. The van der Waals surface area contributed by atoms with E-state index in [1.807, 2.05) is 0 Å². The van der Waals surface area contributed by atoms with E-state index in [4.69, 9.17) is 11.6 Å². The lowest BCUT2D eigenvalue weighted by molar-refractivity contribution is 0.102.